The predicted molar refractivity (Wildman–Crippen MR) is 86.2 cm³/mol. The third kappa shape index (κ3) is 2.56. The minimum atomic E-state index is 0.205. The van der Waals surface area contributed by atoms with Crippen molar-refractivity contribution in [1.29, 1.82) is 0 Å². The summed E-state index contributed by atoms with van der Waals surface area (Å²) in [5, 5.41) is 4.63. The van der Waals surface area contributed by atoms with Crippen LogP contribution < -0.4 is 10.6 Å². The fourth-order valence-electron chi connectivity index (χ4n) is 3.21. The summed E-state index contributed by atoms with van der Waals surface area (Å²) in [6.07, 6.45) is 1.90. The fraction of sp³-hybridized carbons (Fsp3) is 0.471. The average molecular weight is 284 g/mol. The van der Waals surface area contributed by atoms with E-state index in [1.165, 1.54) is 22.5 Å². The summed E-state index contributed by atoms with van der Waals surface area (Å²) in [7, 11) is 2.03. The van der Waals surface area contributed by atoms with E-state index in [-0.39, 0.29) is 6.04 Å². The van der Waals surface area contributed by atoms with E-state index in [1.54, 1.807) is 0 Å². The van der Waals surface area contributed by atoms with Gasteiger partial charge in [0.05, 0.1) is 5.69 Å². The lowest BCUT2D eigenvalue weighted by Crippen LogP contribution is -2.24. The van der Waals surface area contributed by atoms with Gasteiger partial charge in [0.15, 0.2) is 0 Å². The lowest BCUT2D eigenvalue weighted by molar-refractivity contribution is 0.641. The molecule has 0 saturated carbocycles. The molecule has 2 N–H and O–H groups in total. The maximum atomic E-state index is 6.18. The van der Waals surface area contributed by atoms with Crippen molar-refractivity contribution in [2.75, 3.05) is 4.90 Å². The first kappa shape index (κ1) is 14.1. The molecule has 1 aromatic heterocycles. The first-order chi connectivity index (χ1) is 10.1. The summed E-state index contributed by atoms with van der Waals surface area (Å²) >= 11 is 0. The Morgan fingerprint density at radius 3 is 2.43 bits per heavy atom. The molecule has 2 aromatic rings. The van der Waals surface area contributed by atoms with Crippen LogP contribution in [0.4, 0.5) is 5.82 Å². The zero-order valence-electron chi connectivity index (χ0n) is 13.1. The molecule has 0 saturated heterocycles. The number of fused-ring (bicyclic) bond motifs is 1. The Labute approximate surface area is 126 Å². The van der Waals surface area contributed by atoms with Crippen LogP contribution in [0.2, 0.25) is 0 Å². The van der Waals surface area contributed by atoms with Crippen molar-refractivity contribution < 1.29 is 0 Å². The second kappa shape index (κ2) is 5.53. The third-order valence-corrected chi connectivity index (χ3v) is 4.44. The molecule has 0 bridgehead atoms. The molecule has 1 unspecified atom stereocenters. The number of hydrogen-bond donors (Lipinski definition) is 1. The lowest BCUT2D eigenvalue weighted by atomic mass is 10.0. The van der Waals surface area contributed by atoms with E-state index in [4.69, 9.17) is 5.73 Å². The van der Waals surface area contributed by atoms with Gasteiger partial charge in [-0.1, -0.05) is 31.2 Å². The van der Waals surface area contributed by atoms with E-state index < -0.39 is 0 Å². The predicted octanol–water partition coefficient (Wildman–Crippen LogP) is 2.53. The number of nitrogens with two attached hydrogens (primary N) is 1. The Bertz CT molecular complexity index is 619. The minimum Gasteiger partial charge on any atom is -0.348 e. The smallest absolute Gasteiger partial charge is 0.130 e. The zero-order chi connectivity index (χ0) is 15.0. The van der Waals surface area contributed by atoms with Crippen molar-refractivity contribution in [2.24, 2.45) is 12.8 Å². The highest BCUT2D eigenvalue weighted by molar-refractivity contribution is 5.54. The molecule has 21 heavy (non-hydrogen) atoms. The highest BCUT2D eigenvalue weighted by atomic mass is 15.4. The Morgan fingerprint density at radius 1 is 1.24 bits per heavy atom. The number of aryl methyl sites for hydroxylation is 2. The fourth-order valence-corrected chi connectivity index (χ4v) is 3.21. The van der Waals surface area contributed by atoms with Crippen molar-refractivity contribution in [3.8, 4) is 0 Å². The molecule has 0 fully saturated rings. The van der Waals surface area contributed by atoms with Gasteiger partial charge >= 0.3 is 0 Å². The normalized spacial score (nSPS) is 15.3. The molecule has 3 rings (SSSR count). The van der Waals surface area contributed by atoms with Crippen LogP contribution in [0.5, 0.6) is 0 Å². The quantitative estimate of drug-likeness (QED) is 0.938. The van der Waals surface area contributed by atoms with Gasteiger partial charge in [0, 0.05) is 31.7 Å². The number of anilines is 1. The van der Waals surface area contributed by atoms with Gasteiger partial charge in [0.2, 0.25) is 0 Å². The molecule has 0 aliphatic carbocycles. The van der Waals surface area contributed by atoms with Crippen molar-refractivity contribution in [2.45, 2.75) is 45.8 Å². The number of rotatable bonds is 4. The zero-order valence-corrected chi connectivity index (χ0v) is 13.1. The second-order valence-electron chi connectivity index (χ2n) is 6.01. The number of benzene rings is 1. The average Bonchev–Trinajstić information content (AvgIpc) is 2.99. The molecule has 4 nitrogen and oxygen atoms in total. The van der Waals surface area contributed by atoms with Crippen molar-refractivity contribution in [1.82, 2.24) is 9.78 Å². The molecule has 0 radical (unpaired) electrons. The summed E-state index contributed by atoms with van der Waals surface area (Å²) in [6, 6.07) is 8.87. The molecule has 1 aliphatic rings. The van der Waals surface area contributed by atoms with Crippen LogP contribution in [-0.2, 0) is 26.6 Å². The van der Waals surface area contributed by atoms with Gasteiger partial charge in [-0.05, 0) is 30.9 Å². The van der Waals surface area contributed by atoms with Crippen LogP contribution in [0, 0.1) is 6.92 Å². The Balaban J connectivity index is 1.93. The van der Waals surface area contributed by atoms with Crippen LogP contribution in [0.1, 0.15) is 35.7 Å². The van der Waals surface area contributed by atoms with E-state index in [1.807, 2.05) is 11.7 Å². The standard InChI is InChI=1S/C17H24N4/c1-4-15(18)9-16-12(2)19-20(3)17(16)21-10-13-7-5-6-8-14(13)11-21/h5-8,15H,4,9-11,18H2,1-3H3. The van der Waals surface area contributed by atoms with Gasteiger partial charge in [-0.25, -0.2) is 0 Å². The number of nitrogens with zero attached hydrogens (tertiary/aromatic N) is 3. The number of hydrogen-bond acceptors (Lipinski definition) is 3. The first-order valence-electron chi connectivity index (χ1n) is 7.70. The molecule has 1 aromatic carbocycles. The Kier molecular flexibility index (Phi) is 3.72. The van der Waals surface area contributed by atoms with Crippen LogP contribution in [0.25, 0.3) is 0 Å². The Morgan fingerprint density at radius 2 is 1.86 bits per heavy atom. The SMILES string of the molecule is CCC(N)Cc1c(C)nn(C)c1N1Cc2ccccc2C1. The van der Waals surface area contributed by atoms with E-state index in [2.05, 4.69) is 48.1 Å². The first-order valence-corrected chi connectivity index (χ1v) is 7.70. The number of aromatic nitrogens is 2. The highest BCUT2D eigenvalue weighted by Crippen LogP contribution is 2.32. The van der Waals surface area contributed by atoms with Crippen molar-refractivity contribution >= 4 is 5.82 Å². The van der Waals surface area contributed by atoms with E-state index in [9.17, 15) is 0 Å². The topological polar surface area (TPSA) is 47.1 Å². The van der Waals surface area contributed by atoms with Crippen LogP contribution >= 0.6 is 0 Å². The summed E-state index contributed by atoms with van der Waals surface area (Å²) < 4.78 is 2.01. The molecule has 112 valence electrons. The van der Waals surface area contributed by atoms with E-state index in [0.717, 1.165) is 31.6 Å². The Hall–Kier alpha value is -1.81. The van der Waals surface area contributed by atoms with Crippen molar-refractivity contribution in [3.63, 3.8) is 0 Å². The summed E-state index contributed by atoms with van der Waals surface area (Å²) in [5.74, 6) is 1.23. The molecule has 4 heteroatoms. The summed E-state index contributed by atoms with van der Waals surface area (Å²) in [6.45, 7) is 6.15. The molecule has 0 spiro atoms. The summed E-state index contributed by atoms with van der Waals surface area (Å²) in [4.78, 5) is 2.42. The molecule has 1 aliphatic heterocycles. The third-order valence-electron chi connectivity index (χ3n) is 4.44. The van der Waals surface area contributed by atoms with Gasteiger partial charge in [-0.15, -0.1) is 0 Å². The van der Waals surface area contributed by atoms with Gasteiger partial charge in [-0.3, -0.25) is 4.68 Å². The van der Waals surface area contributed by atoms with Crippen molar-refractivity contribution in [3.05, 3.63) is 46.6 Å². The highest BCUT2D eigenvalue weighted by Gasteiger charge is 2.25. The molecule has 2 heterocycles. The van der Waals surface area contributed by atoms with Crippen LogP contribution in [0.3, 0.4) is 0 Å². The molecule has 0 amide bonds. The molecular weight excluding hydrogens is 260 g/mol. The van der Waals surface area contributed by atoms with E-state index >= 15 is 0 Å². The molecule has 1 atom stereocenters. The van der Waals surface area contributed by atoms with Gasteiger partial charge in [0.25, 0.3) is 0 Å². The van der Waals surface area contributed by atoms with Crippen LogP contribution in [0.15, 0.2) is 24.3 Å². The second-order valence-corrected chi connectivity index (χ2v) is 6.01. The molecular formula is C17H24N4. The van der Waals surface area contributed by atoms with Gasteiger partial charge in [-0.2, -0.15) is 5.10 Å². The maximum absolute atomic E-state index is 6.18. The maximum Gasteiger partial charge on any atom is 0.130 e. The van der Waals surface area contributed by atoms with Gasteiger partial charge in [0.1, 0.15) is 5.82 Å². The summed E-state index contributed by atoms with van der Waals surface area (Å²) in [5.41, 5.74) is 11.4. The van der Waals surface area contributed by atoms with E-state index in [0.29, 0.717) is 0 Å². The van der Waals surface area contributed by atoms with Gasteiger partial charge < -0.3 is 10.6 Å². The largest absolute Gasteiger partial charge is 0.348 e. The minimum absolute atomic E-state index is 0.205. The van der Waals surface area contributed by atoms with Crippen LogP contribution in [-0.4, -0.2) is 15.8 Å². The lowest BCUT2D eigenvalue weighted by Gasteiger charge is -2.21. The monoisotopic (exact) mass is 284 g/mol.